The number of carbonyl (C=O) groups is 1. The first-order chi connectivity index (χ1) is 16.6. The number of amides is 1. The molecule has 35 heavy (non-hydrogen) atoms. The van der Waals surface area contributed by atoms with E-state index in [-0.39, 0.29) is 11.9 Å². The minimum absolute atomic E-state index is 0.0511. The molecular weight excluding hydrogens is 466 g/mol. The maximum absolute atomic E-state index is 13.6. The standard InChI is InChI=1S/C26H33N3O5S/c1-6-26(3)24(19-10-11-22(33-4)23(17-19)34-5)27-29(25(26)30)20-12-14-28(15-13-20)35(31,32)21-9-7-8-18(2)16-21/h7-11,16-17,20H,6,12-15H2,1-5H3. The third-order valence-electron chi connectivity index (χ3n) is 7.17. The number of carbonyl (C=O) groups excluding carboxylic acids is 1. The first-order valence-electron chi connectivity index (χ1n) is 11.9. The van der Waals surface area contributed by atoms with Gasteiger partial charge in [-0.1, -0.05) is 19.1 Å². The third kappa shape index (κ3) is 4.43. The highest BCUT2D eigenvalue weighted by Gasteiger charge is 2.49. The van der Waals surface area contributed by atoms with Crippen molar-refractivity contribution in [1.29, 1.82) is 0 Å². The van der Waals surface area contributed by atoms with E-state index in [1.54, 1.807) is 37.4 Å². The fourth-order valence-electron chi connectivity index (χ4n) is 4.80. The van der Waals surface area contributed by atoms with Gasteiger partial charge in [0.05, 0.1) is 36.3 Å². The molecule has 1 saturated heterocycles. The van der Waals surface area contributed by atoms with Crippen LogP contribution in [0.5, 0.6) is 11.5 Å². The summed E-state index contributed by atoms with van der Waals surface area (Å²) in [5.74, 6) is 1.13. The average molecular weight is 500 g/mol. The minimum Gasteiger partial charge on any atom is -0.493 e. The second-order valence-corrected chi connectivity index (χ2v) is 11.2. The quantitative estimate of drug-likeness (QED) is 0.578. The maximum atomic E-state index is 13.6. The number of rotatable bonds is 7. The molecule has 0 spiro atoms. The molecule has 1 fully saturated rings. The van der Waals surface area contributed by atoms with Gasteiger partial charge in [-0.2, -0.15) is 9.41 Å². The van der Waals surface area contributed by atoms with E-state index in [1.807, 2.05) is 45.0 Å². The van der Waals surface area contributed by atoms with Gasteiger partial charge in [0.15, 0.2) is 11.5 Å². The number of benzene rings is 2. The summed E-state index contributed by atoms with van der Waals surface area (Å²) in [6, 6.07) is 12.4. The molecule has 8 nitrogen and oxygen atoms in total. The Kier molecular flexibility index (Phi) is 6.92. The van der Waals surface area contributed by atoms with Crippen LogP contribution in [0, 0.1) is 12.3 Å². The van der Waals surface area contributed by atoms with Crippen molar-refractivity contribution in [3.8, 4) is 11.5 Å². The Bertz CT molecular complexity index is 1250. The summed E-state index contributed by atoms with van der Waals surface area (Å²) in [5.41, 5.74) is 1.63. The average Bonchev–Trinajstić information content (AvgIpc) is 3.14. The molecule has 1 atom stereocenters. The van der Waals surface area contributed by atoms with Gasteiger partial charge >= 0.3 is 0 Å². The van der Waals surface area contributed by atoms with Crippen LogP contribution < -0.4 is 9.47 Å². The number of nitrogens with zero attached hydrogens (tertiary/aromatic N) is 3. The first kappa shape index (κ1) is 25.2. The second-order valence-electron chi connectivity index (χ2n) is 9.31. The van der Waals surface area contributed by atoms with Crippen molar-refractivity contribution in [3.63, 3.8) is 0 Å². The molecule has 9 heteroatoms. The lowest BCUT2D eigenvalue weighted by atomic mass is 9.79. The molecule has 2 aromatic carbocycles. The Morgan fingerprint density at radius 2 is 1.74 bits per heavy atom. The predicted octanol–water partition coefficient (Wildman–Crippen LogP) is 3.83. The Morgan fingerprint density at radius 1 is 1.06 bits per heavy atom. The van der Waals surface area contributed by atoms with Gasteiger partial charge < -0.3 is 9.47 Å². The summed E-state index contributed by atoms with van der Waals surface area (Å²) in [4.78, 5) is 13.9. The fraction of sp³-hybridized carbons (Fsp3) is 0.462. The van der Waals surface area contributed by atoms with Crippen molar-refractivity contribution in [2.75, 3.05) is 27.3 Å². The lowest BCUT2D eigenvalue weighted by Gasteiger charge is -2.35. The normalized spacial score (nSPS) is 21.8. The van der Waals surface area contributed by atoms with Crippen LogP contribution in [0.1, 0.15) is 44.2 Å². The van der Waals surface area contributed by atoms with E-state index >= 15 is 0 Å². The number of methoxy groups -OCH3 is 2. The highest BCUT2D eigenvalue weighted by molar-refractivity contribution is 7.89. The van der Waals surface area contributed by atoms with Crippen LogP contribution in [0.15, 0.2) is 52.5 Å². The zero-order valence-corrected chi connectivity index (χ0v) is 21.8. The van der Waals surface area contributed by atoms with Gasteiger partial charge in [0.2, 0.25) is 10.0 Å². The largest absolute Gasteiger partial charge is 0.493 e. The summed E-state index contributed by atoms with van der Waals surface area (Å²) in [7, 11) is -0.415. The SMILES string of the molecule is CCC1(C)C(=O)N(C2CCN(S(=O)(=O)c3cccc(C)c3)CC2)N=C1c1ccc(OC)c(OC)c1. The van der Waals surface area contributed by atoms with Crippen molar-refractivity contribution in [3.05, 3.63) is 53.6 Å². The Labute approximate surface area is 207 Å². The predicted molar refractivity (Wildman–Crippen MR) is 134 cm³/mol. The molecular formula is C26H33N3O5S. The first-order valence-corrected chi connectivity index (χ1v) is 13.3. The third-order valence-corrected chi connectivity index (χ3v) is 9.07. The molecule has 188 valence electrons. The molecule has 1 unspecified atom stereocenters. The summed E-state index contributed by atoms with van der Waals surface area (Å²) < 4.78 is 38.6. The molecule has 0 N–H and O–H groups in total. The monoisotopic (exact) mass is 499 g/mol. The molecule has 2 aliphatic heterocycles. The van der Waals surface area contributed by atoms with E-state index in [9.17, 15) is 13.2 Å². The highest BCUT2D eigenvalue weighted by Crippen LogP contribution is 2.40. The van der Waals surface area contributed by atoms with Crippen molar-refractivity contribution >= 4 is 21.6 Å². The van der Waals surface area contributed by atoms with Crippen LogP contribution >= 0.6 is 0 Å². The number of hydrazone groups is 1. The zero-order valence-electron chi connectivity index (χ0n) is 20.9. The maximum Gasteiger partial charge on any atom is 0.254 e. The van der Waals surface area contributed by atoms with Crippen LogP contribution in [0.25, 0.3) is 0 Å². The number of sulfonamides is 1. The van der Waals surface area contributed by atoms with Crippen LogP contribution in [0.4, 0.5) is 0 Å². The van der Waals surface area contributed by atoms with Crippen LogP contribution in [-0.4, -0.2) is 62.7 Å². The van der Waals surface area contributed by atoms with E-state index in [0.717, 1.165) is 11.1 Å². The lowest BCUT2D eigenvalue weighted by Crippen LogP contribution is -2.48. The molecule has 1 amide bonds. The molecule has 0 radical (unpaired) electrons. The van der Waals surface area contributed by atoms with Crippen LogP contribution in [0.3, 0.4) is 0 Å². The molecule has 0 saturated carbocycles. The van der Waals surface area contributed by atoms with Gasteiger partial charge in [0.25, 0.3) is 5.91 Å². The van der Waals surface area contributed by atoms with Gasteiger partial charge in [-0.05, 0) is 69.0 Å². The number of hydrogen-bond acceptors (Lipinski definition) is 6. The van der Waals surface area contributed by atoms with Gasteiger partial charge in [-0.25, -0.2) is 13.4 Å². The Hall–Kier alpha value is -2.91. The molecule has 0 aliphatic carbocycles. The van der Waals surface area contributed by atoms with Gasteiger partial charge in [0.1, 0.15) is 0 Å². The Balaban J connectivity index is 1.57. The lowest BCUT2D eigenvalue weighted by molar-refractivity contribution is -0.138. The fourth-order valence-corrected chi connectivity index (χ4v) is 6.37. The summed E-state index contributed by atoms with van der Waals surface area (Å²) in [6.07, 6.45) is 1.65. The Morgan fingerprint density at radius 3 is 2.34 bits per heavy atom. The van der Waals surface area contributed by atoms with E-state index in [2.05, 4.69) is 0 Å². The number of aryl methyl sites for hydroxylation is 1. The molecule has 2 heterocycles. The molecule has 0 bridgehead atoms. The van der Waals surface area contributed by atoms with Crippen LogP contribution in [-0.2, 0) is 14.8 Å². The summed E-state index contributed by atoms with van der Waals surface area (Å²) >= 11 is 0. The van der Waals surface area contributed by atoms with Crippen molar-refractivity contribution in [2.45, 2.75) is 51.0 Å². The summed E-state index contributed by atoms with van der Waals surface area (Å²) in [5, 5.41) is 6.40. The number of ether oxygens (including phenoxy) is 2. The molecule has 0 aromatic heterocycles. The van der Waals surface area contributed by atoms with E-state index < -0.39 is 15.4 Å². The second kappa shape index (κ2) is 9.62. The van der Waals surface area contributed by atoms with Gasteiger partial charge in [-0.3, -0.25) is 4.79 Å². The number of piperidine rings is 1. The topological polar surface area (TPSA) is 88.5 Å². The molecule has 4 rings (SSSR count). The van der Waals surface area contributed by atoms with Crippen molar-refractivity contribution in [2.24, 2.45) is 10.5 Å². The van der Waals surface area contributed by atoms with E-state index in [1.165, 1.54) is 4.31 Å². The van der Waals surface area contributed by atoms with Gasteiger partial charge in [0, 0.05) is 18.7 Å². The van der Waals surface area contributed by atoms with Crippen molar-refractivity contribution < 1.29 is 22.7 Å². The zero-order chi connectivity index (χ0) is 25.4. The summed E-state index contributed by atoms with van der Waals surface area (Å²) in [6.45, 7) is 6.46. The van der Waals surface area contributed by atoms with Crippen LogP contribution in [0.2, 0.25) is 0 Å². The minimum atomic E-state index is -3.57. The molecule has 2 aromatic rings. The van der Waals surface area contributed by atoms with E-state index in [4.69, 9.17) is 14.6 Å². The van der Waals surface area contributed by atoms with E-state index in [0.29, 0.717) is 54.5 Å². The molecule has 2 aliphatic rings. The number of hydrogen-bond donors (Lipinski definition) is 0. The smallest absolute Gasteiger partial charge is 0.254 e. The van der Waals surface area contributed by atoms with Crippen molar-refractivity contribution in [1.82, 2.24) is 9.31 Å². The van der Waals surface area contributed by atoms with Gasteiger partial charge in [-0.15, -0.1) is 0 Å². The highest BCUT2D eigenvalue weighted by atomic mass is 32.2.